The summed E-state index contributed by atoms with van der Waals surface area (Å²) in [6.07, 6.45) is 0.706. The van der Waals surface area contributed by atoms with Crippen LogP contribution < -0.4 is 5.32 Å². The predicted molar refractivity (Wildman–Crippen MR) is 126 cm³/mol. The van der Waals surface area contributed by atoms with Crippen molar-refractivity contribution >= 4 is 17.7 Å². The van der Waals surface area contributed by atoms with Gasteiger partial charge in [-0.25, -0.2) is 4.39 Å². The Morgan fingerprint density at radius 2 is 1.86 bits per heavy atom. The first kappa shape index (κ1) is 23.6. The van der Waals surface area contributed by atoms with Crippen molar-refractivity contribution in [2.45, 2.75) is 57.8 Å². The van der Waals surface area contributed by atoms with Crippen LogP contribution in [-0.4, -0.2) is 51.8 Å². The van der Waals surface area contributed by atoms with Gasteiger partial charge in [0.15, 0.2) is 0 Å². The Labute approximate surface area is 203 Å². The number of likely N-dealkylation sites (tertiary alicyclic amines) is 1. The maximum Gasteiger partial charge on any atom is 0.255 e. The minimum Gasteiger partial charge on any atom is -0.384 e. The number of rotatable bonds is 4. The van der Waals surface area contributed by atoms with E-state index in [9.17, 15) is 19.5 Å². The number of carbonyl (C=O) groups is 3. The second-order valence-corrected chi connectivity index (χ2v) is 10.5. The molecular formula is C27H30FN3O4. The lowest BCUT2D eigenvalue weighted by molar-refractivity contribution is -0.137. The molecule has 2 fully saturated rings. The quantitative estimate of drug-likeness (QED) is 0.659. The number of amides is 3. The number of hydrogen-bond acceptors (Lipinski definition) is 5. The highest BCUT2D eigenvalue weighted by atomic mass is 19.1. The van der Waals surface area contributed by atoms with Crippen LogP contribution in [0, 0.1) is 11.2 Å². The number of carbonyl (C=O) groups excluding carboxylic acids is 3. The Morgan fingerprint density at radius 3 is 2.54 bits per heavy atom. The number of hydrogen-bond donors (Lipinski definition) is 2. The van der Waals surface area contributed by atoms with Gasteiger partial charge in [0, 0.05) is 48.2 Å². The summed E-state index contributed by atoms with van der Waals surface area (Å²) in [5.74, 6) is -1.91. The van der Waals surface area contributed by atoms with E-state index >= 15 is 4.39 Å². The van der Waals surface area contributed by atoms with E-state index in [1.54, 1.807) is 6.07 Å². The Bertz CT molecular complexity index is 1200. The summed E-state index contributed by atoms with van der Waals surface area (Å²) < 4.78 is 16.0. The maximum absolute atomic E-state index is 16.0. The largest absolute Gasteiger partial charge is 0.384 e. The van der Waals surface area contributed by atoms with E-state index in [-0.39, 0.29) is 42.0 Å². The topological polar surface area (TPSA) is 89.9 Å². The first-order valence-corrected chi connectivity index (χ1v) is 12.1. The van der Waals surface area contributed by atoms with Crippen molar-refractivity contribution in [2.75, 3.05) is 13.1 Å². The Kier molecular flexibility index (Phi) is 5.76. The summed E-state index contributed by atoms with van der Waals surface area (Å²) in [7, 11) is 0. The van der Waals surface area contributed by atoms with Gasteiger partial charge in [-0.1, -0.05) is 50.2 Å². The van der Waals surface area contributed by atoms with Crippen LogP contribution in [0.15, 0.2) is 42.5 Å². The van der Waals surface area contributed by atoms with Crippen molar-refractivity contribution in [1.82, 2.24) is 15.1 Å². The summed E-state index contributed by atoms with van der Waals surface area (Å²) in [5, 5.41) is 14.1. The molecule has 0 saturated carbocycles. The molecule has 3 amide bonds. The fourth-order valence-corrected chi connectivity index (χ4v) is 5.83. The summed E-state index contributed by atoms with van der Waals surface area (Å²) in [6.45, 7) is 5.76. The maximum atomic E-state index is 16.0. The average molecular weight is 480 g/mol. The zero-order valence-electron chi connectivity index (χ0n) is 20.0. The summed E-state index contributed by atoms with van der Waals surface area (Å²) in [4.78, 5) is 40.4. The molecule has 7 nitrogen and oxygen atoms in total. The third-order valence-corrected chi connectivity index (χ3v) is 7.87. The molecule has 3 aliphatic rings. The first-order valence-electron chi connectivity index (χ1n) is 12.1. The van der Waals surface area contributed by atoms with E-state index in [4.69, 9.17) is 0 Å². The summed E-state index contributed by atoms with van der Waals surface area (Å²) >= 11 is 0. The van der Waals surface area contributed by atoms with Crippen molar-refractivity contribution in [3.63, 3.8) is 0 Å². The number of fused-ring (bicyclic) bond motifs is 1. The van der Waals surface area contributed by atoms with E-state index in [0.717, 1.165) is 6.54 Å². The van der Waals surface area contributed by atoms with Gasteiger partial charge >= 0.3 is 0 Å². The number of benzene rings is 2. The van der Waals surface area contributed by atoms with Gasteiger partial charge < -0.3 is 10.0 Å². The van der Waals surface area contributed by atoms with Crippen LogP contribution in [0.4, 0.5) is 4.39 Å². The van der Waals surface area contributed by atoms with Gasteiger partial charge in [0.2, 0.25) is 11.8 Å². The smallest absolute Gasteiger partial charge is 0.255 e. The molecule has 2 atom stereocenters. The molecule has 3 aliphatic heterocycles. The van der Waals surface area contributed by atoms with Gasteiger partial charge in [0.1, 0.15) is 11.9 Å². The Morgan fingerprint density at radius 1 is 1.11 bits per heavy atom. The molecule has 3 heterocycles. The van der Waals surface area contributed by atoms with E-state index in [1.165, 1.54) is 16.5 Å². The zero-order valence-corrected chi connectivity index (χ0v) is 20.0. The second kappa shape index (κ2) is 8.53. The molecule has 0 aromatic heterocycles. The molecule has 2 saturated heterocycles. The monoisotopic (exact) mass is 479 g/mol. The second-order valence-electron chi connectivity index (χ2n) is 10.5. The zero-order chi connectivity index (χ0) is 25.0. The third kappa shape index (κ3) is 3.94. The highest BCUT2D eigenvalue weighted by Gasteiger charge is 2.51. The van der Waals surface area contributed by atoms with Crippen LogP contribution in [0.1, 0.15) is 60.2 Å². The minimum atomic E-state index is -1.41. The Balaban J connectivity index is 1.40. The van der Waals surface area contributed by atoms with E-state index < -0.39 is 34.7 Å². The lowest BCUT2D eigenvalue weighted by Crippen LogP contribution is -2.55. The fourth-order valence-electron chi connectivity index (χ4n) is 5.83. The van der Waals surface area contributed by atoms with Crippen molar-refractivity contribution in [1.29, 1.82) is 0 Å². The number of nitrogens with zero attached hydrogens (tertiary/aromatic N) is 2. The number of nitrogens with one attached hydrogen (secondary N) is 1. The van der Waals surface area contributed by atoms with Gasteiger partial charge in [-0.3, -0.25) is 24.6 Å². The third-order valence-electron chi connectivity index (χ3n) is 7.87. The molecule has 8 heteroatoms. The molecule has 2 aromatic rings. The van der Waals surface area contributed by atoms with Crippen LogP contribution in [-0.2, 0) is 28.3 Å². The highest BCUT2D eigenvalue weighted by molar-refractivity contribution is 6.05. The number of imide groups is 1. The van der Waals surface area contributed by atoms with Crippen LogP contribution in [0.5, 0.6) is 0 Å². The molecule has 35 heavy (non-hydrogen) atoms. The van der Waals surface area contributed by atoms with Gasteiger partial charge in [-0.2, -0.15) is 0 Å². The molecule has 184 valence electrons. The van der Waals surface area contributed by atoms with Crippen molar-refractivity contribution in [3.05, 3.63) is 70.5 Å². The number of piperidine rings is 2. The lowest BCUT2D eigenvalue weighted by atomic mass is 9.66. The highest BCUT2D eigenvalue weighted by Crippen LogP contribution is 2.48. The van der Waals surface area contributed by atoms with Gasteiger partial charge in [-0.15, -0.1) is 0 Å². The van der Waals surface area contributed by atoms with Crippen molar-refractivity contribution < 1.29 is 23.9 Å². The van der Waals surface area contributed by atoms with Crippen LogP contribution >= 0.6 is 0 Å². The average Bonchev–Trinajstić information content (AvgIpc) is 3.14. The standard InChI is InChI=1S/C27H30FN3O4/c1-26(2)16-30(14-17-6-4-3-5-7-17)13-12-27(26,35)20-9-8-18-19(23(20)28)15-31(25(18)34)21-10-11-22(32)29-24(21)33/h3-9,21,35H,10-16H2,1-2H3,(H,29,32,33). The van der Waals surface area contributed by atoms with Gasteiger partial charge in [-0.05, 0) is 24.5 Å². The normalized spacial score (nSPS) is 26.6. The molecule has 2 N–H and O–H groups in total. The fraction of sp³-hybridized carbons (Fsp3) is 0.444. The van der Waals surface area contributed by atoms with E-state index in [0.29, 0.717) is 19.5 Å². The number of halogens is 1. The van der Waals surface area contributed by atoms with Crippen LogP contribution in [0.3, 0.4) is 0 Å². The molecule has 2 unspecified atom stereocenters. The molecule has 5 rings (SSSR count). The van der Waals surface area contributed by atoms with Crippen LogP contribution in [0.2, 0.25) is 0 Å². The molecule has 0 bridgehead atoms. The number of aliphatic hydroxyl groups is 1. The summed E-state index contributed by atoms with van der Waals surface area (Å²) in [5.41, 5.74) is -0.277. The van der Waals surface area contributed by atoms with Crippen molar-refractivity contribution in [3.8, 4) is 0 Å². The van der Waals surface area contributed by atoms with Gasteiger partial charge in [0.05, 0.1) is 12.1 Å². The van der Waals surface area contributed by atoms with Crippen molar-refractivity contribution in [2.24, 2.45) is 5.41 Å². The van der Waals surface area contributed by atoms with E-state index in [1.807, 2.05) is 32.0 Å². The minimum absolute atomic E-state index is 0.0588. The SMILES string of the molecule is CC1(C)CN(Cc2ccccc2)CCC1(O)c1ccc2c(c1F)CN(C1CCC(=O)NC1=O)C2=O. The molecule has 0 spiro atoms. The Hall–Kier alpha value is -3.10. The van der Waals surface area contributed by atoms with Crippen LogP contribution in [0.25, 0.3) is 0 Å². The first-order chi connectivity index (χ1) is 16.6. The molecular weight excluding hydrogens is 449 g/mol. The van der Waals surface area contributed by atoms with E-state index in [2.05, 4.69) is 22.3 Å². The molecule has 0 radical (unpaired) electrons. The van der Waals surface area contributed by atoms with Gasteiger partial charge in [0.25, 0.3) is 5.91 Å². The predicted octanol–water partition coefficient (Wildman–Crippen LogP) is 2.71. The molecule has 2 aromatic carbocycles. The molecule has 0 aliphatic carbocycles. The summed E-state index contributed by atoms with van der Waals surface area (Å²) in [6, 6.07) is 12.4. The lowest BCUT2D eigenvalue weighted by Gasteiger charge is -2.50.